The van der Waals surface area contributed by atoms with E-state index in [1.807, 2.05) is 13.8 Å². The molecule has 1 aliphatic heterocycles. The van der Waals surface area contributed by atoms with Crippen LogP contribution in [-0.4, -0.2) is 17.8 Å². The summed E-state index contributed by atoms with van der Waals surface area (Å²) in [5, 5.41) is 11.8. The van der Waals surface area contributed by atoms with Gasteiger partial charge in [-0.05, 0) is 6.07 Å². The fourth-order valence-electron chi connectivity index (χ4n) is 1.94. The topological polar surface area (TPSA) is 58.6 Å². The van der Waals surface area contributed by atoms with Crippen LogP contribution >= 0.6 is 12.4 Å². The maximum absolute atomic E-state index is 13.8. The lowest BCUT2D eigenvalue weighted by atomic mass is 9.80. The van der Waals surface area contributed by atoms with E-state index in [1.165, 1.54) is 12.1 Å². The Morgan fingerprint density at radius 2 is 2.17 bits per heavy atom. The minimum Gasteiger partial charge on any atom is -0.508 e. The lowest BCUT2D eigenvalue weighted by Crippen LogP contribution is -2.47. The van der Waals surface area contributed by atoms with Crippen molar-refractivity contribution in [2.75, 3.05) is 6.61 Å². The number of amides is 1. The molecule has 0 radical (unpaired) electrons. The van der Waals surface area contributed by atoms with Crippen LogP contribution in [-0.2, 0) is 4.74 Å². The smallest absolute Gasteiger partial charge is 0.407 e. The maximum atomic E-state index is 13.8. The predicted octanol–water partition coefficient (Wildman–Crippen LogP) is 2.76. The number of hydrogen-bond donors (Lipinski definition) is 2. The minimum absolute atomic E-state index is 0. The highest BCUT2D eigenvalue weighted by Gasteiger charge is 2.39. The third-order valence-corrected chi connectivity index (χ3v) is 2.91. The van der Waals surface area contributed by atoms with Crippen molar-refractivity contribution in [3.05, 3.63) is 29.6 Å². The summed E-state index contributed by atoms with van der Waals surface area (Å²) in [6, 6.07) is 3.44. The second-order valence-electron chi connectivity index (χ2n) is 4.85. The molecule has 1 aliphatic rings. The van der Waals surface area contributed by atoms with Crippen molar-refractivity contribution in [3.8, 4) is 5.75 Å². The number of aromatic hydroxyl groups is 1. The zero-order chi connectivity index (χ0) is 12.6. The molecule has 0 unspecified atom stereocenters. The van der Waals surface area contributed by atoms with Gasteiger partial charge in [0.1, 0.15) is 18.2 Å². The quantitative estimate of drug-likeness (QED) is 0.828. The highest BCUT2D eigenvalue weighted by atomic mass is 35.5. The molecular weight excluding hydrogens is 261 g/mol. The average molecular weight is 276 g/mol. The molecule has 1 aromatic rings. The molecule has 2 N–H and O–H groups in total. The standard InChI is InChI=1S/C12H14FNO3.ClH/c1-12(2)6-17-11(16)14-10(12)8-4-3-7(15)5-9(8)13;/h3-5,10,15H,6H2,1-2H3,(H,14,16);1H/t10-;/m1./s1. The van der Waals surface area contributed by atoms with E-state index in [9.17, 15) is 9.18 Å². The first kappa shape index (κ1) is 14.6. The number of cyclic esters (lactones) is 1. The van der Waals surface area contributed by atoms with Gasteiger partial charge in [0.05, 0.1) is 6.04 Å². The van der Waals surface area contributed by atoms with Crippen molar-refractivity contribution in [2.24, 2.45) is 5.41 Å². The average Bonchev–Trinajstić information content (AvgIpc) is 2.23. The van der Waals surface area contributed by atoms with Crippen LogP contribution in [0.25, 0.3) is 0 Å². The Morgan fingerprint density at radius 3 is 2.78 bits per heavy atom. The number of nitrogens with one attached hydrogen (secondary N) is 1. The molecule has 0 spiro atoms. The highest BCUT2D eigenvalue weighted by Crippen LogP contribution is 2.37. The van der Waals surface area contributed by atoms with Gasteiger partial charge in [0.15, 0.2) is 0 Å². The van der Waals surface area contributed by atoms with Crippen molar-refractivity contribution >= 4 is 18.5 Å². The molecule has 0 aromatic heterocycles. The van der Waals surface area contributed by atoms with Gasteiger partial charge >= 0.3 is 6.09 Å². The molecule has 1 fully saturated rings. The van der Waals surface area contributed by atoms with Gasteiger partial charge in [-0.25, -0.2) is 9.18 Å². The Morgan fingerprint density at radius 1 is 1.50 bits per heavy atom. The minimum atomic E-state index is -0.554. The largest absolute Gasteiger partial charge is 0.508 e. The molecule has 0 aliphatic carbocycles. The number of benzene rings is 1. The molecule has 1 heterocycles. The molecule has 18 heavy (non-hydrogen) atoms. The summed E-state index contributed by atoms with van der Waals surface area (Å²) in [4.78, 5) is 11.2. The Hall–Kier alpha value is -1.49. The Balaban J connectivity index is 0.00000162. The molecular formula is C12H15ClFNO3. The van der Waals surface area contributed by atoms with Gasteiger partial charge < -0.3 is 15.2 Å². The second kappa shape index (κ2) is 5.02. The molecule has 4 nitrogen and oxygen atoms in total. The van der Waals surface area contributed by atoms with Crippen molar-refractivity contribution in [1.29, 1.82) is 0 Å². The number of carbonyl (C=O) groups is 1. The van der Waals surface area contributed by atoms with Crippen molar-refractivity contribution < 1.29 is 19.0 Å². The Labute approximate surface area is 111 Å². The molecule has 0 saturated carbocycles. The summed E-state index contributed by atoms with van der Waals surface area (Å²) in [7, 11) is 0. The number of phenolic OH excluding ortho intramolecular Hbond substituents is 1. The summed E-state index contributed by atoms with van der Waals surface area (Å²) < 4.78 is 18.6. The van der Waals surface area contributed by atoms with E-state index in [0.29, 0.717) is 5.56 Å². The summed E-state index contributed by atoms with van der Waals surface area (Å²) in [5.41, 5.74) is -0.0596. The molecule has 100 valence electrons. The summed E-state index contributed by atoms with van der Waals surface area (Å²) >= 11 is 0. The number of hydrogen-bond acceptors (Lipinski definition) is 3. The van der Waals surface area contributed by atoms with Crippen LogP contribution in [0.1, 0.15) is 25.5 Å². The zero-order valence-electron chi connectivity index (χ0n) is 10.1. The number of ether oxygens (including phenoxy) is 1. The molecule has 1 saturated heterocycles. The van der Waals surface area contributed by atoms with E-state index in [0.717, 1.165) is 6.07 Å². The van der Waals surface area contributed by atoms with Crippen LogP contribution in [0.2, 0.25) is 0 Å². The summed E-state index contributed by atoms with van der Waals surface area (Å²) in [6.07, 6.45) is -0.554. The third-order valence-electron chi connectivity index (χ3n) is 2.91. The van der Waals surface area contributed by atoms with E-state index < -0.39 is 23.4 Å². The van der Waals surface area contributed by atoms with Crippen molar-refractivity contribution in [3.63, 3.8) is 0 Å². The van der Waals surface area contributed by atoms with E-state index in [2.05, 4.69) is 5.32 Å². The Bertz CT molecular complexity index is 465. The fraction of sp³-hybridized carbons (Fsp3) is 0.417. The molecule has 1 atom stereocenters. The lowest BCUT2D eigenvalue weighted by molar-refractivity contribution is 0.0377. The maximum Gasteiger partial charge on any atom is 0.407 e. The van der Waals surface area contributed by atoms with Crippen LogP contribution in [0.15, 0.2) is 18.2 Å². The van der Waals surface area contributed by atoms with Gasteiger partial charge in [-0.3, -0.25) is 0 Å². The van der Waals surface area contributed by atoms with E-state index >= 15 is 0 Å². The van der Waals surface area contributed by atoms with Gasteiger partial charge in [0.25, 0.3) is 0 Å². The first-order valence-corrected chi connectivity index (χ1v) is 5.32. The fourth-order valence-corrected chi connectivity index (χ4v) is 1.94. The van der Waals surface area contributed by atoms with Crippen LogP contribution in [0, 0.1) is 11.2 Å². The summed E-state index contributed by atoms with van der Waals surface area (Å²) in [6.45, 7) is 3.98. The highest BCUT2D eigenvalue weighted by molar-refractivity contribution is 5.85. The van der Waals surface area contributed by atoms with Crippen LogP contribution in [0.3, 0.4) is 0 Å². The third kappa shape index (κ3) is 2.67. The normalized spacial score (nSPS) is 21.5. The Kier molecular flexibility index (Phi) is 4.06. The van der Waals surface area contributed by atoms with Gasteiger partial charge in [-0.1, -0.05) is 19.9 Å². The second-order valence-corrected chi connectivity index (χ2v) is 4.85. The number of halogens is 2. The predicted molar refractivity (Wildman–Crippen MR) is 66.3 cm³/mol. The van der Waals surface area contributed by atoms with Crippen LogP contribution in [0.4, 0.5) is 9.18 Å². The molecule has 1 amide bonds. The number of alkyl carbamates (subject to hydrolysis) is 1. The zero-order valence-corrected chi connectivity index (χ0v) is 10.9. The van der Waals surface area contributed by atoms with Crippen molar-refractivity contribution in [2.45, 2.75) is 19.9 Å². The van der Waals surface area contributed by atoms with Gasteiger partial charge in [-0.2, -0.15) is 0 Å². The monoisotopic (exact) mass is 275 g/mol. The molecule has 6 heteroatoms. The van der Waals surface area contributed by atoms with Crippen molar-refractivity contribution in [1.82, 2.24) is 5.32 Å². The SMILES string of the molecule is CC1(C)COC(=O)N[C@@H]1c1ccc(O)cc1F.Cl. The van der Waals surface area contributed by atoms with E-state index in [1.54, 1.807) is 0 Å². The first-order valence-electron chi connectivity index (χ1n) is 5.32. The first-order chi connectivity index (χ1) is 7.90. The number of carbonyl (C=O) groups excluding carboxylic acids is 1. The number of phenols is 1. The van der Waals surface area contributed by atoms with Gasteiger partial charge in [0.2, 0.25) is 0 Å². The lowest BCUT2D eigenvalue weighted by Gasteiger charge is -2.38. The molecule has 2 rings (SSSR count). The molecule has 1 aromatic carbocycles. The van der Waals surface area contributed by atoms with Crippen LogP contribution in [0.5, 0.6) is 5.75 Å². The van der Waals surface area contributed by atoms with E-state index in [-0.39, 0.29) is 24.8 Å². The number of rotatable bonds is 1. The van der Waals surface area contributed by atoms with E-state index in [4.69, 9.17) is 9.84 Å². The van der Waals surface area contributed by atoms with Gasteiger partial charge in [0, 0.05) is 17.0 Å². The van der Waals surface area contributed by atoms with Gasteiger partial charge in [-0.15, -0.1) is 12.4 Å². The molecule has 0 bridgehead atoms. The van der Waals surface area contributed by atoms with Crippen LogP contribution < -0.4 is 5.32 Å². The summed E-state index contributed by atoms with van der Waals surface area (Å²) in [5.74, 6) is -0.673.